The van der Waals surface area contributed by atoms with Crippen LogP contribution in [0.5, 0.6) is 0 Å². The van der Waals surface area contributed by atoms with Crippen LogP contribution in [0.15, 0.2) is 18.3 Å². The van der Waals surface area contributed by atoms with Gasteiger partial charge in [0.1, 0.15) is 0 Å². The van der Waals surface area contributed by atoms with Crippen molar-refractivity contribution in [1.82, 2.24) is 9.29 Å². The highest BCUT2D eigenvalue weighted by Crippen LogP contribution is 2.11. The van der Waals surface area contributed by atoms with E-state index in [9.17, 15) is 18.5 Å². The molecule has 1 rings (SSSR count). The van der Waals surface area contributed by atoms with Crippen LogP contribution in [0.2, 0.25) is 0 Å². The standard InChI is InChI=1S/C11H18N4O4S/c1-3-14(20(2,18)19)8-4-7-12-10-5-6-11(13-9-10)15(16)17/h5-6,9,12H,3-4,7-8H2,1-2H3. The average Bonchev–Trinajstić information content (AvgIpc) is 2.37. The number of aromatic nitrogens is 1. The van der Waals surface area contributed by atoms with Gasteiger partial charge in [0.2, 0.25) is 10.0 Å². The van der Waals surface area contributed by atoms with Gasteiger partial charge < -0.3 is 15.4 Å². The number of nitro groups is 1. The van der Waals surface area contributed by atoms with Gasteiger partial charge in [-0.3, -0.25) is 0 Å². The zero-order valence-electron chi connectivity index (χ0n) is 11.4. The summed E-state index contributed by atoms with van der Waals surface area (Å²) in [5.74, 6) is -0.204. The largest absolute Gasteiger partial charge is 0.382 e. The number of sulfonamides is 1. The summed E-state index contributed by atoms with van der Waals surface area (Å²) in [6.45, 7) is 3.22. The summed E-state index contributed by atoms with van der Waals surface area (Å²) in [6, 6.07) is 2.89. The quantitative estimate of drug-likeness (QED) is 0.437. The van der Waals surface area contributed by atoms with E-state index in [-0.39, 0.29) is 5.82 Å². The van der Waals surface area contributed by atoms with Gasteiger partial charge in [0, 0.05) is 25.7 Å². The molecule has 0 aromatic carbocycles. The lowest BCUT2D eigenvalue weighted by Crippen LogP contribution is -2.31. The maximum Gasteiger partial charge on any atom is 0.363 e. The summed E-state index contributed by atoms with van der Waals surface area (Å²) in [4.78, 5) is 13.6. The molecule has 0 aliphatic rings. The van der Waals surface area contributed by atoms with Gasteiger partial charge in [0.15, 0.2) is 6.20 Å². The molecular weight excluding hydrogens is 284 g/mol. The van der Waals surface area contributed by atoms with E-state index in [1.54, 1.807) is 13.0 Å². The topological polar surface area (TPSA) is 105 Å². The smallest absolute Gasteiger partial charge is 0.363 e. The van der Waals surface area contributed by atoms with Crippen LogP contribution < -0.4 is 5.32 Å². The van der Waals surface area contributed by atoms with Crippen molar-refractivity contribution in [3.05, 3.63) is 28.4 Å². The molecule has 0 saturated heterocycles. The fourth-order valence-corrected chi connectivity index (χ4v) is 2.57. The molecule has 8 nitrogen and oxygen atoms in total. The Balaban J connectivity index is 2.39. The number of hydrogen-bond acceptors (Lipinski definition) is 6. The van der Waals surface area contributed by atoms with Crippen molar-refractivity contribution in [2.75, 3.05) is 31.2 Å². The molecular formula is C11H18N4O4S. The molecule has 0 aliphatic carbocycles. The van der Waals surface area contributed by atoms with Gasteiger partial charge in [-0.25, -0.2) is 12.7 Å². The number of pyridine rings is 1. The van der Waals surface area contributed by atoms with Crippen molar-refractivity contribution in [1.29, 1.82) is 0 Å². The van der Waals surface area contributed by atoms with Crippen LogP contribution in [0.4, 0.5) is 11.5 Å². The van der Waals surface area contributed by atoms with E-state index in [0.717, 1.165) is 0 Å². The van der Waals surface area contributed by atoms with E-state index in [0.29, 0.717) is 31.7 Å². The molecule has 1 N–H and O–H groups in total. The Morgan fingerprint density at radius 1 is 1.45 bits per heavy atom. The van der Waals surface area contributed by atoms with Crippen molar-refractivity contribution >= 4 is 21.5 Å². The number of rotatable bonds is 8. The van der Waals surface area contributed by atoms with Gasteiger partial charge in [0.25, 0.3) is 0 Å². The third-order valence-corrected chi connectivity index (χ3v) is 4.05. The van der Waals surface area contributed by atoms with E-state index in [2.05, 4.69) is 10.3 Å². The highest BCUT2D eigenvalue weighted by atomic mass is 32.2. The third kappa shape index (κ3) is 5.10. The van der Waals surface area contributed by atoms with Gasteiger partial charge in [-0.15, -0.1) is 0 Å². The second-order valence-corrected chi connectivity index (χ2v) is 6.18. The molecule has 0 bridgehead atoms. The number of nitrogens with one attached hydrogen (secondary N) is 1. The molecule has 1 aromatic rings. The van der Waals surface area contributed by atoms with Crippen LogP contribution in [0.3, 0.4) is 0 Å². The Kier molecular flexibility index (Phi) is 5.83. The Labute approximate surface area is 118 Å². The summed E-state index contributed by atoms with van der Waals surface area (Å²) < 4.78 is 24.1. The van der Waals surface area contributed by atoms with Crippen LogP contribution in [-0.2, 0) is 10.0 Å². The summed E-state index contributed by atoms with van der Waals surface area (Å²) >= 11 is 0. The monoisotopic (exact) mass is 302 g/mol. The fourth-order valence-electron chi connectivity index (χ4n) is 1.65. The van der Waals surface area contributed by atoms with Gasteiger partial charge in [-0.2, -0.15) is 0 Å². The molecule has 0 radical (unpaired) electrons. The normalized spacial score (nSPS) is 11.6. The zero-order valence-corrected chi connectivity index (χ0v) is 12.3. The minimum absolute atomic E-state index is 0.204. The molecule has 112 valence electrons. The van der Waals surface area contributed by atoms with Crippen LogP contribution >= 0.6 is 0 Å². The molecule has 0 aliphatic heterocycles. The Morgan fingerprint density at radius 3 is 2.60 bits per heavy atom. The molecule has 1 heterocycles. The minimum atomic E-state index is -3.16. The van der Waals surface area contributed by atoms with Crippen LogP contribution in [0.25, 0.3) is 0 Å². The van der Waals surface area contributed by atoms with Crippen molar-refractivity contribution in [3.63, 3.8) is 0 Å². The summed E-state index contributed by atoms with van der Waals surface area (Å²) in [5.41, 5.74) is 0.665. The lowest BCUT2D eigenvalue weighted by Gasteiger charge is -2.17. The first-order valence-corrected chi connectivity index (χ1v) is 7.99. The van der Waals surface area contributed by atoms with Crippen molar-refractivity contribution in [2.24, 2.45) is 0 Å². The molecule has 1 aromatic heterocycles. The highest BCUT2D eigenvalue weighted by Gasteiger charge is 2.13. The van der Waals surface area contributed by atoms with Crippen molar-refractivity contribution < 1.29 is 13.3 Å². The third-order valence-electron chi connectivity index (χ3n) is 2.67. The van der Waals surface area contributed by atoms with Gasteiger partial charge in [-0.05, 0) is 22.4 Å². The SMILES string of the molecule is CCN(CCCNc1ccc([N+](=O)[O-])nc1)S(C)(=O)=O. The lowest BCUT2D eigenvalue weighted by atomic mass is 10.3. The Morgan fingerprint density at radius 2 is 2.15 bits per heavy atom. The van der Waals surface area contributed by atoms with Crippen LogP contribution in [0.1, 0.15) is 13.3 Å². The van der Waals surface area contributed by atoms with E-state index in [4.69, 9.17) is 0 Å². The maximum absolute atomic E-state index is 11.4. The Bertz CT molecular complexity index is 544. The number of nitrogens with zero attached hydrogens (tertiary/aromatic N) is 3. The second kappa shape index (κ2) is 7.15. The van der Waals surface area contributed by atoms with E-state index >= 15 is 0 Å². The molecule has 0 atom stereocenters. The first kappa shape index (κ1) is 16.3. The van der Waals surface area contributed by atoms with E-state index in [1.165, 1.54) is 22.8 Å². The van der Waals surface area contributed by atoms with Crippen LogP contribution in [0, 0.1) is 10.1 Å². The predicted octanol–water partition coefficient (Wildman–Crippen LogP) is 1.07. The first-order valence-electron chi connectivity index (χ1n) is 6.14. The molecule has 0 fully saturated rings. The number of anilines is 1. The second-order valence-electron chi connectivity index (χ2n) is 4.20. The molecule has 0 saturated carbocycles. The molecule has 20 heavy (non-hydrogen) atoms. The summed E-state index contributed by atoms with van der Waals surface area (Å²) in [6.07, 6.45) is 3.20. The van der Waals surface area contributed by atoms with Gasteiger partial charge in [0.05, 0.1) is 11.9 Å². The molecule has 0 unspecified atom stereocenters. The predicted molar refractivity (Wildman–Crippen MR) is 76.1 cm³/mol. The lowest BCUT2D eigenvalue weighted by molar-refractivity contribution is -0.389. The van der Waals surface area contributed by atoms with Gasteiger partial charge in [-0.1, -0.05) is 6.92 Å². The molecule has 9 heteroatoms. The fraction of sp³-hybridized carbons (Fsp3) is 0.545. The summed E-state index contributed by atoms with van der Waals surface area (Å²) in [7, 11) is -3.16. The van der Waals surface area contributed by atoms with E-state index in [1.807, 2.05) is 0 Å². The van der Waals surface area contributed by atoms with Gasteiger partial charge >= 0.3 is 5.82 Å². The number of hydrogen-bond donors (Lipinski definition) is 1. The highest BCUT2D eigenvalue weighted by molar-refractivity contribution is 7.88. The van der Waals surface area contributed by atoms with Crippen molar-refractivity contribution in [2.45, 2.75) is 13.3 Å². The molecule has 0 spiro atoms. The zero-order chi connectivity index (χ0) is 15.2. The maximum atomic E-state index is 11.4. The van der Waals surface area contributed by atoms with Crippen LogP contribution in [-0.4, -0.2) is 48.5 Å². The van der Waals surface area contributed by atoms with Crippen molar-refractivity contribution in [3.8, 4) is 0 Å². The first-order chi connectivity index (χ1) is 9.34. The minimum Gasteiger partial charge on any atom is -0.382 e. The van der Waals surface area contributed by atoms with E-state index < -0.39 is 14.9 Å². The summed E-state index contributed by atoms with van der Waals surface area (Å²) in [5, 5.41) is 13.5. The molecule has 0 amide bonds. The Hall–Kier alpha value is -1.74. The average molecular weight is 302 g/mol.